The van der Waals surface area contributed by atoms with Gasteiger partial charge >= 0.3 is 13.8 Å². The largest absolute Gasteiger partial charge is 0.531 e. The Balaban J connectivity index is 3.00. The molecule has 0 aliphatic heterocycles. The predicted molar refractivity (Wildman–Crippen MR) is 76.7 cm³/mol. The fourth-order valence-corrected chi connectivity index (χ4v) is 2.62. The Morgan fingerprint density at radius 1 is 1.10 bits per heavy atom. The molecule has 21 heavy (non-hydrogen) atoms. The molecule has 2 atom stereocenters. The van der Waals surface area contributed by atoms with E-state index in [1.54, 1.807) is 19.1 Å². The standard InChI is InChI=1S/C14H19O6P/c1-10(12-8-6-5-7-9-12)13(11(2)15)14(16)20-21(17,18-3)19-4/h5-10,13H,1-4H3. The molecule has 116 valence electrons. The summed E-state index contributed by atoms with van der Waals surface area (Å²) < 4.78 is 25.7. The Morgan fingerprint density at radius 3 is 2.05 bits per heavy atom. The van der Waals surface area contributed by atoms with E-state index in [2.05, 4.69) is 9.05 Å². The molecule has 0 bridgehead atoms. The molecule has 0 aromatic heterocycles. The number of carbonyl (C=O) groups is 2. The predicted octanol–water partition coefficient (Wildman–Crippen LogP) is 2.94. The van der Waals surface area contributed by atoms with Crippen LogP contribution in [0.25, 0.3) is 0 Å². The van der Waals surface area contributed by atoms with Crippen molar-refractivity contribution in [2.75, 3.05) is 14.2 Å². The van der Waals surface area contributed by atoms with Crippen LogP contribution in [0.2, 0.25) is 0 Å². The lowest BCUT2D eigenvalue weighted by molar-refractivity contribution is -0.145. The highest BCUT2D eigenvalue weighted by molar-refractivity contribution is 7.49. The summed E-state index contributed by atoms with van der Waals surface area (Å²) in [7, 11) is -1.77. The van der Waals surface area contributed by atoms with Gasteiger partial charge in [0.25, 0.3) is 0 Å². The SMILES string of the molecule is COP(=O)(OC)OC(=O)C(C(C)=O)C(C)c1ccccc1. The number of carbonyl (C=O) groups excluding carboxylic acids is 2. The van der Waals surface area contributed by atoms with Crippen molar-refractivity contribution in [1.82, 2.24) is 0 Å². The summed E-state index contributed by atoms with van der Waals surface area (Å²) in [4.78, 5) is 23.9. The first-order valence-corrected chi connectivity index (χ1v) is 7.81. The Labute approximate surface area is 124 Å². The van der Waals surface area contributed by atoms with Crippen LogP contribution in [0.4, 0.5) is 0 Å². The van der Waals surface area contributed by atoms with Gasteiger partial charge in [0.05, 0.1) is 0 Å². The van der Waals surface area contributed by atoms with Crippen LogP contribution in [-0.2, 0) is 27.7 Å². The van der Waals surface area contributed by atoms with Crippen molar-refractivity contribution in [1.29, 1.82) is 0 Å². The molecule has 0 spiro atoms. The fraction of sp³-hybridized carbons (Fsp3) is 0.429. The first-order valence-electron chi connectivity index (χ1n) is 6.35. The van der Waals surface area contributed by atoms with Crippen molar-refractivity contribution in [3.05, 3.63) is 35.9 Å². The maximum absolute atomic E-state index is 12.2. The molecule has 1 aromatic carbocycles. The van der Waals surface area contributed by atoms with Gasteiger partial charge in [-0.1, -0.05) is 37.3 Å². The Hall–Kier alpha value is -1.49. The Kier molecular flexibility index (Phi) is 6.27. The van der Waals surface area contributed by atoms with Crippen LogP contribution in [-0.4, -0.2) is 26.0 Å². The molecule has 0 amide bonds. The Bertz CT molecular complexity index is 534. The van der Waals surface area contributed by atoms with Crippen molar-refractivity contribution >= 4 is 19.6 Å². The van der Waals surface area contributed by atoms with Gasteiger partial charge in [-0.3, -0.25) is 18.6 Å². The molecule has 1 aromatic rings. The molecule has 2 unspecified atom stereocenters. The van der Waals surface area contributed by atoms with Crippen LogP contribution < -0.4 is 0 Å². The van der Waals surface area contributed by atoms with Gasteiger partial charge < -0.3 is 4.52 Å². The van der Waals surface area contributed by atoms with Gasteiger partial charge in [-0.05, 0) is 12.5 Å². The summed E-state index contributed by atoms with van der Waals surface area (Å²) in [5.41, 5.74) is 0.805. The summed E-state index contributed by atoms with van der Waals surface area (Å²) in [5.74, 6) is -2.80. The average Bonchev–Trinajstić information content (AvgIpc) is 2.47. The normalized spacial score (nSPS) is 14.3. The van der Waals surface area contributed by atoms with Crippen molar-refractivity contribution in [2.24, 2.45) is 5.92 Å². The molecular formula is C14H19O6P. The molecule has 7 heteroatoms. The van der Waals surface area contributed by atoms with E-state index in [9.17, 15) is 14.2 Å². The third kappa shape index (κ3) is 4.49. The quantitative estimate of drug-likeness (QED) is 0.569. The number of hydrogen-bond acceptors (Lipinski definition) is 6. The maximum Gasteiger partial charge on any atom is 0.531 e. The first kappa shape index (κ1) is 17.6. The van der Waals surface area contributed by atoms with E-state index in [1.807, 2.05) is 18.2 Å². The number of benzene rings is 1. The molecule has 0 radical (unpaired) electrons. The number of phosphoric ester groups is 1. The van der Waals surface area contributed by atoms with Crippen LogP contribution in [0, 0.1) is 5.92 Å². The van der Waals surface area contributed by atoms with E-state index >= 15 is 0 Å². The van der Waals surface area contributed by atoms with Crippen molar-refractivity contribution in [3.8, 4) is 0 Å². The zero-order valence-electron chi connectivity index (χ0n) is 12.4. The van der Waals surface area contributed by atoms with Crippen molar-refractivity contribution in [3.63, 3.8) is 0 Å². The molecule has 0 heterocycles. The Morgan fingerprint density at radius 2 is 1.62 bits per heavy atom. The van der Waals surface area contributed by atoms with E-state index in [4.69, 9.17) is 4.52 Å². The zero-order valence-corrected chi connectivity index (χ0v) is 13.3. The zero-order chi connectivity index (χ0) is 16.0. The number of Topliss-reactive ketones (excluding diaryl/α,β-unsaturated/α-hetero) is 1. The highest BCUT2D eigenvalue weighted by Gasteiger charge is 2.37. The summed E-state index contributed by atoms with van der Waals surface area (Å²) in [6, 6.07) is 9.06. The summed E-state index contributed by atoms with van der Waals surface area (Å²) in [5, 5.41) is 0. The molecule has 1 rings (SSSR count). The van der Waals surface area contributed by atoms with Gasteiger partial charge in [0.2, 0.25) is 0 Å². The number of hydrogen-bond donors (Lipinski definition) is 0. The smallest absolute Gasteiger partial charge is 0.370 e. The van der Waals surface area contributed by atoms with E-state index in [-0.39, 0.29) is 5.78 Å². The van der Waals surface area contributed by atoms with E-state index in [0.717, 1.165) is 19.8 Å². The molecule has 0 fully saturated rings. The third-order valence-electron chi connectivity index (χ3n) is 3.17. The molecule has 6 nitrogen and oxygen atoms in total. The van der Waals surface area contributed by atoms with Crippen LogP contribution in [0.5, 0.6) is 0 Å². The van der Waals surface area contributed by atoms with E-state index in [1.165, 1.54) is 6.92 Å². The molecular weight excluding hydrogens is 295 g/mol. The fourth-order valence-electron chi connectivity index (χ4n) is 1.99. The van der Waals surface area contributed by atoms with Crippen LogP contribution >= 0.6 is 7.82 Å². The minimum Gasteiger partial charge on any atom is -0.370 e. The minimum absolute atomic E-state index is 0.380. The second-order valence-electron chi connectivity index (χ2n) is 4.51. The van der Waals surface area contributed by atoms with E-state index < -0.39 is 25.6 Å². The van der Waals surface area contributed by atoms with Gasteiger partial charge in [-0.2, -0.15) is 0 Å². The highest BCUT2D eigenvalue weighted by Crippen LogP contribution is 2.48. The van der Waals surface area contributed by atoms with Crippen molar-refractivity contribution < 1.29 is 27.7 Å². The van der Waals surface area contributed by atoms with Gasteiger partial charge in [0.1, 0.15) is 11.7 Å². The first-order chi connectivity index (χ1) is 9.84. The maximum atomic E-state index is 12.2. The average molecular weight is 314 g/mol. The van der Waals surface area contributed by atoms with Gasteiger partial charge in [-0.25, -0.2) is 4.57 Å². The second kappa shape index (κ2) is 7.50. The molecule has 0 aliphatic rings. The number of phosphoric acid groups is 1. The molecule has 0 saturated heterocycles. The topological polar surface area (TPSA) is 78.9 Å². The van der Waals surface area contributed by atoms with Crippen LogP contribution in [0.3, 0.4) is 0 Å². The number of rotatable bonds is 7. The lowest BCUT2D eigenvalue weighted by Gasteiger charge is -2.22. The highest BCUT2D eigenvalue weighted by atomic mass is 31.2. The summed E-state index contributed by atoms with van der Waals surface area (Å²) >= 11 is 0. The number of ketones is 1. The van der Waals surface area contributed by atoms with Gasteiger partial charge in [-0.15, -0.1) is 0 Å². The lowest BCUT2D eigenvalue weighted by atomic mass is 9.85. The molecule has 0 aliphatic carbocycles. The molecule has 0 N–H and O–H groups in total. The van der Waals surface area contributed by atoms with Crippen LogP contribution in [0.15, 0.2) is 30.3 Å². The lowest BCUT2D eigenvalue weighted by Crippen LogP contribution is -2.29. The third-order valence-corrected chi connectivity index (χ3v) is 4.46. The van der Waals surface area contributed by atoms with Crippen molar-refractivity contribution in [2.45, 2.75) is 19.8 Å². The van der Waals surface area contributed by atoms with Gasteiger partial charge in [0.15, 0.2) is 0 Å². The summed E-state index contributed by atoms with van der Waals surface area (Å²) in [6.45, 7) is 3.02. The monoisotopic (exact) mass is 314 g/mol. The second-order valence-corrected chi connectivity index (χ2v) is 6.32. The van der Waals surface area contributed by atoms with Crippen LogP contribution in [0.1, 0.15) is 25.3 Å². The minimum atomic E-state index is -3.96. The van der Waals surface area contributed by atoms with Gasteiger partial charge in [0, 0.05) is 20.1 Å². The van der Waals surface area contributed by atoms with E-state index in [0.29, 0.717) is 0 Å². The summed E-state index contributed by atoms with van der Waals surface area (Å²) in [6.07, 6.45) is 0. The molecule has 0 saturated carbocycles.